The molecule has 4 N–H and O–H groups in total. The number of nitrogens with one attached hydrogen (secondary N) is 3. The first-order valence-corrected chi connectivity index (χ1v) is 21.6. The van der Waals surface area contributed by atoms with Crippen LogP contribution in [0.5, 0.6) is 0 Å². The molecule has 380 valence electrons. The van der Waals surface area contributed by atoms with Gasteiger partial charge in [-0.25, -0.2) is 4.68 Å². The van der Waals surface area contributed by atoms with Gasteiger partial charge in [0.05, 0.1) is 6.10 Å². The Labute approximate surface area is 390 Å². The molecule has 3 atom stereocenters. The monoisotopic (exact) mass is 906 g/mol. The number of nitrogens with zero attached hydrogens (tertiary/aromatic N) is 4. The summed E-state index contributed by atoms with van der Waals surface area (Å²) in [5, 5.41) is 27.6. The van der Waals surface area contributed by atoms with Crippen molar-refractivity contribution < 1.29 is 33.8 Å². The van der Waals surface area contributed by atoms with Gasteiger partial charge in [0.15, 0.2) is 5.78 Å². The van der Waals surface area contributed by atoms with E-state index < -0.39 is 0 Å². The number of tetrazole rings is 1. The minimum atomic E-state index is -0.102. The van der Waals surface area contributed by atoms with Gasteiger partial charge in [0.2, 0.25) is 17.8 Å². The molecule has 2 rings (SSSR count). The molecule has 1 aromatic rings. The standard InChI is InChI=1S/C6H10O.2C6H12.2C5H11NO.C5H12O.C5H10O.C4H9N5.C4H8O2.3CH4/c1-4-3-6(4)5(2)7;2*1-4-5-6(2)3;2*1-4(2)6-5(3)7;2*1-3-4-5(2)6;1-3-5-4-6-7-8-9(4)2;1-4(5)3-6-2;;;/h4,6H,3H2,1-2H3;2*4-6H,1-3H3;2*4H,1-3H3,(H,6,7);5-6H,3-4H2,1-2H3;3-4H2,1-2H3;3H2,1-2H3,(H,5,6,8);3H2,1-2H3;3*1H4. The quantitative estimate of drug-likeness (QED) is 0.138. The fourth-order valence-electron chi connectivity index (χ4n) is 3.98. The average Bonchev–Trinajstić information content (AvgIpc) is 3.69. The Hall–Kier alpha value is -3.78. The van der Waals surface area contributed by atoms with Crippen LogP contribution in [0.3, 0.4) is 0 Å². The zero-order chi connectivity index (χ0) is 48.8. The van der Waals surface area contributed by atoms with Crippen molar-refractivity contribution in [1.29, 1.82) is 0 Å². The first kappa shape index (κ1) is 82.9. The molecule has 0 saturated heterocycles. The van der Waals surface area contributed by atoms with Crippen LogP contribution in [0.25, 0.3) is 0 Å². The van der Waals surface area contributed by atoms with Crippen LogP contribution < -0.4 is 16.0 Å². The molecule has 0 aliphatic heterocycles. The number of hydrogen-bond acceptors (Lipinski definition) is 11. The molecule has 0 bridgehead atoms. The molecule has 1 saturated carbocycles. The zero-order valence-corrected chi connectivity index (χ0v) is 42.5. The van der Waals surface area contributed by atoms with Gasteiger partial charge in [-0.1, -0.05) is 107 Å². The maximum absolute atomic E-state index is 10.4. The number of aryl methyl sites for hydroxylation is 1. The number of aliphatic hydroxyl groups excluding tert-OH is 1. The van der Waals surface area contributed by atoms with E-state index in [9.17, 15) is 24.0 Å². The van der Waals surface area contributed by atoms with E-state index in [0.29, 0.717) is 23.6 Å². The van der Waals surface area contributed by atoms with Gasteiger partial charge in [-0.15, -0.1) is 0 Å². The van der Waals surface area contributed by atoms with Crippen molar-refractivity contribution in [3.63, 3.8) is 0 Å². The summed E-state index contributed by atoms with van der Waals surface area (Å²) in [4.78, 5) is 50.7. The van der Waals surface area contributed by atoms with Crippen LogP contribution in [0.4, 0.5) is 5.95 Å². The Morgan fingerprint density at radius 3 is 1.22 bits per heavy atom. The number of carbonyl (C=O) groups is 5. The number of aromatic nitrogens is 4. The molecule has 1 fully saturated rings. The second kappa shape index (κ2) is 60.3. The highest BCUT2D eigenvalue weighted by atomic mass is 16.5. The van der Waals surface area contributed by atoms with Gasteiger partial charge < -0.3 is 30.6 Å². The fraction of sp³-hybridized carbons (Fsp3) is 0.796. The second-order valence-corrected chi connectivity index (χ2v) is 15.6. The highest BCUT2D eigenvalue weighted by Crippen LogP contribution is 2.37. The summed E-state index contributed by atoms with van der Waals surface area (Å²) >= 11 is 0. The summed E-state index contributed by atoms with van der Waals surface area (Å²) in [6.45, 7) is 39.3. The normalized spacial score (nSPS) is 12.7. The first-order chi connectivity index (χ1) is 27.7. The van der Waals surface area contributed by atoms with Crippen molar-refractivity contribution in [2.75, 3.05) is 25.6 Å². The van der Waals surface area contributed by atoms with E-state index in [1.807, 2.05) is 62.3 Å². The average molecular weight is 906 g/mol. The topological polar surface area (TPSA) is 194 Å². The molecule has 1 aliphatic rings. The molecule has 0 radical (unpaired) electrons. The van der Waals surface area contributed by atoms with Crippen molar-refractivity contribution in [1.82, 2.24) is 30.8 Å². The van der Waals surface area contributed by atoms with Crippen LogP contribution in [0.1, 0.15) is 193 Å². The lowest BCUT2D eigenvalue weighted by molar-refractivity contribution is -0.121. The molecule has 63 heavy (non-hydrogen) atoms. The largest absolute Gasteiger partial charge is 0.393 e. The van der Waals surface area contributed by atoms with Crippen molar-refractivity contribution in [3.8, 4) is 0 Å². The number of ketones is 3. The summed E-state index contributed by atoms with van der Waals surface area (Å²) in [6.07, 6.45) is 13.2. The van der Waals surface area contributed by atoms with Gasteiger partial charge in [-0.2, -0.15) is 0 Å². The van der Waals surface area contributed by atoms with Crippen LogP contribution in [0.2, 0.25) is 0 Å². The highest BCUT2D eigenvalue weighted by molar-refractivity contribution is 5.81. The molecule has 0 spiro atoms. The molecule has 14 nitrogen and oxygen atoms in total. The predicted octanol–water partition coefficient (Wildman–Crippen LogP) is 11.0. The van der Waals surface area contributed by atoms with Crippen molar-refractivity contribution in [2.24, 2.45) is 30.7 Å². The lowest BCUT2D eigenvalue weighted by atomic mass is 10.2. The van der Waals surface area contributed by atoms with Crippen LogP contribution in [-0.2, 0) is 35.8 Å². The van der Waals surface area contributed by atoms with Gasteiger partial charge in [0.1, 0.15) is 18.2 Å². The third-order valence-corrected chi connectivity index (χ3v) is 6.38. The van der Waals surface area contributed by atoms with Gasteiger partial charge in [0, 0.05) is 59.0 Å². The molecular weight excluding hydrogens is 799 g/mol. The minimum Gasteiger partial charge on any atom is -0.393 e. The Morgan fingerprint density at radius 2 is 1.16 bits per heavy atom. The van der Waals surface area contributed by atoms with Crippen molar-refractivity contribution >= 4 is 35.1 Å². The highest BCUT2D eigenvalue weighted by Gasteiger charge is 2.36. The van der Waals surface area contributed by atoms with Crippen LogP contribution in [0, 0.1) is 23.7 Å². The summed E-state index contributed by atoms with van der Waals surface area (Å²) in [5.74, 6) is 4.06. The van der Waals surface area contributed by atoms with E-state index in [0.717, 1.165) is 50.5 Å². The SMILES string of the molecule is C.C.C.CC(=O)C1CC1C.CC(=O)NC(C)C.CC(=O)NC(C)C.CC=CC(C)C.CC=CC(C)C.CCCC(C)=O.CCCC(C)O.CCNc1nnnn1C.COCC(C)=O. The van der Waals surface area contributed by atoms with Gasteiger partial charge in [-0.3, -0.25) is 19.2 Å². The summed E-state index contributed by atoms with van der Waals surface area (Å²) in [5.41, 5.74) is 0. The fourth-order valence-corrected chi connectivity index (χ4v) is 3.98. The van der Waals surface area contributed by atoms with Crippen molar-refractivity contribution in [2.45, 2.75) is 211 Å². The Balaban J connectivity index is -0.0000000626. The molecule has 0 aromatic carbocycles. The lowest BCUT2D eigenvalue weighted by Crippen LogP contribution is -2.27. The smallest absolute Gasteiger partial charge is 0.242 e. The third-order valence-electron chi connectivity index (χ3n) is 6.38. The van der Waals surface area contributed by atoms with E-state index in [1.165, 1.54) is 27.9 Å². The molecule has 3 unspecified atom stereocenters. The molecule has 1 heterocycles. The molecule has 14 heteroatoms. The van der Waals surface area contributed by atoms with Gasteiger partial charge in [0.25, 0.3) is 0 Å². The Bertz CT molecular complexity index is 1140. The Kier molecular flexibility index (Phi) is 79.3. The number of amides is 2. The van der Waals surface area contributed by atoms with E-state index in [4.69, 9.17) is 5.11 Å². The van der Waals surface area contributed by atoms with E-state index >= 15 is 0 Å². The number of anilines is 1. The molecular formula is C49H107N7O7. The van der Waals surface area contributed by atoms with E-state index in [-0.39, 0.29) is 70.5 Å². The predicted molar refractivity (Wildman–Crippen MR) is 273 cm³/mol. The number of rotatable bonds is 13. The number of aliphatic hydroxyl groups is 1. The summed E-state index contributed by atoms with van der Waals surface area (Å²) < 4.78 is 6.04. The number of Topliss-reactive ketones (excluding diaryl/α,β-unsaturated/α-hetero) is 3. The van der Waals surface area contributed by atoms with Crippen LogP contribution in [-0.4, -0.2) is 92.9 Å². The lowest BCUT2D eigenvalue weighted by Gasteiger charge is -2.02. The molecule has 1 aliphatic carbocycles. The number of hydrogen-bond donors (Lipinski definition) is 4. The van der Waals surface area contributed by atoms with Crippen LogP contribution in [0.15, 0.2) is 24.3 Å². The van der Waals surface area contributed by atoms with E-state index in [1.54, 1.807) is 25.6 Å². The maximum Gasteiger partial charge on any atom is 0.242 e. The van der Waals surface area contributed by atoms with Gasteiger partial charge >= 0.3 is 0 Å². The summed E-state index contributed by atoms with van der Waals surface area (Å²) in [7, 11) is 3.29. The molecule has 1 aromatic heterocycles. The van der Waals surface area contributed by atoms with Crippen molar-refractivity contribution in [3.05, 3.63) is 24.3 Å². The van der Waals surface area contributed by atoms with E-state index in [2.05, 4.69) is 102 Å². The zero-order valence-electron chi connectivity index (χ0n) is 42.5. The Morgan fingerprint density at radius 1 is 0.762 bits per heavy atom. The third kappa shape index (κ3) is 103. The number of allylic oxidation sites excluding steroid dienone is 4. The second-order valence-electron chi connectivity index (χ2n) is 15.6. The molecule has 2 amide bonds. The minimum absolute atomic E-state index is 0. The van der Waals surface area contributed by atoms with Crippen LogP contribution >= 0.6 is 0 Å². The number of ether oxygens (including phenoxy) is 1. The summed E-state index contributed by atoms with van der Waals surface area (Å²) in [6, 6.07) is 0.551. The maximum atomic E-state index is 10.4. The first-order valence-electron chi connectivity index (χ1n) is 21.6. The number of carbonyl (C=O) groups excluding carboxylic acids is 5. The van der Waals surface area contributed by atoms with Gasteiger partial charge in [-0.05, 0) is 124 Å². The number of methoxy groups -OCH3 is 1.